The molecule has 0 amide bonds. The lowest BCUT2D eigenvalue weighted by Gasteiger charge is -2.80. The average Bonchev–Trinajstić information content (AvgIpc) is 2.35. The first-order valence-corrected chi connectivity index (χ1v) is 8.21. The van der Waals surface area contributed by atoms with E-state index in [2.05, 4.69) is 13.8 Å². The molecule has 100 valence electrons. The van der Waals surface area contributed by atoms with E-state index >= 15 is 0 Å². The Morgan fingerprint density at radius 1 is 0.889 bits per heavy atom. The molecule has 7 aliphatic rings. The molecular formula is C17H27N. The van der Waals surface area contributed by atoms with Crippen LogP contribution in [0.4, 0.5) is 0 Å². The van der Waals surface area contributed by atoms with Gasteiger partial charge in [0, 0.05) is 0 Å². The molecule has 1 nitrogen and oxygen atoms in total. The van der Waals surface area contributed by atoms with Crippen molar-refractivity contribution in [3.05, 3.63) is 0 Å². The second-order valence-electron chi connectivity index (χ2n) is 9.27. The van der Waals surface area contributed by atoms with E-state index in [1.165, 1.54) is 19.3 Å². The summed E-state index contributed by atoms with van der Waals surface area (Å²) < 4.78 is 0. The predicted molar refractivity (Wildman–Crippen MR) is 72.9 cm³/mol. The first-order chi connectivity index (χ1) is 8.51. The minimum atomic E-state index is 0.556. The molecule has 1 heteroatoms. The van der Waals surface area contributed by atoms with Gasteiger partial charge >= 0.3 is 0 Å². The molecule has 8 bridgehead atoms. The first kappa shape index (κ1) is 10.7. The van der Waals surface area contributed by atoms with Gasteiger partial charge in [-0.15, -0.1) is 0 Å². The monoisotopic (exact) mass is 245 g/mol. The second kappa shape index (κ2) is 2.71. The Labute approximate surface area is 111 Å². The third-order valence-corrected chi connectivity index (χ3v) is 8.76. The van der Waals surface area contributed by atoms with Gasteiger partial charge in [0.15, 0.2) is 0 Å². The molecule has 0 aromatic carbocycles. The minimum absolute atomic E-state index is 0.556. The molecule has 0 spiro atoms. The van der Waals surface area contributed by atoms with E-state index in [1.807, 2.05) is 0 Å². The van der Waals surface area contributed by atoms with Crippen molar-refractivity contribution in [2.75, 3.05) is 6.54 Å². The van der Waals surface area contributed by atoms with Crippen LogP contribution in [0.2, 0.25) is 0 Å². The van der Waals surface area contributed by atoms with Crippen LogP contribution in [0.1, 0.15) is 52.4 Å². The van der Waals surface area contributed by atoms with Gasteiger partial charge in [-0.05, 0) is 90.9 Å². The van der Waals surface area contributed by atoms with Crippen LogP contribution in [0.25, 0.3) is 0 Å². The molecule has 0 aromatic rings. The van der Waals surface area contributed by atoms with E-state index in [1.54, 1.807) is 19.3 Å². The van der Waals surface area contributed by atoms with Crippen LogP contribution in [0.15, 0.2) is 0 Å². The zero-order chi connectivity index (χ0) is 12.3. The van der Waals surface area contributed by atoms with Gasteiger partial charge in [0.2, 0.25) is 0 Å². The van der Waals surface area contributed by atoms with Crippen molar-refractivity contribution in [2.45, 2.75) is 52.4 Å². The highest BCUT2D eigenvalue weighted by molar-refractivity contribution is 5.23. The van der Waals surface area contributed by atoms with Crippen LogP contribution in [0.5, 0.6) is 0 Å². The van der Waals surface area contributed by atoms with E-state index in [-0.39, 0.29) is 0 Å². The van der Waals surface area contributed by atoms with Crippen molar-refractivity contribution in [3.63, 3.8) is 0 Å². The molecule has 0 aliphatic heterocycles. The fraction of sp³-hybridized carbons (Fsp3) is 1.00. The molecule has 0 saturated heterocycles. The lowest BCUT2D eigenvalue weighted by molar-refractivity contribution is -0.307. The predicted octanol–water partition coefficient (Wildman–Crippen LogP) is 3.43. The molecule has 18 heavy (non-hydrogen) atoms. The van der Waals surface area contributed by atoms with Crippen LogP contribution in [-0.4, -0.2) is 6.54 Å². The van der Waals surface area contributed by atoms with Crippen molar-refractivity contribution < 1.29 is 0 Å². The highest BCUT2D eigenvalue weighted by Gasteiger charge is 2.74. The number of hydrogen-bond acceptors (Lipinski definition) is 1. The normalized spacial score (nSPS) is 71.2. The van der Waals surface area contributed by atoms with Gasteiger partial charge in [0.05, 0.1) is 0 Å². The SMILES string of the molecule is CC12CC3CC4C1CC1(CN)CC2C(C3)C4(C)C1. The number of hydrogen-bond donors (Lipinski definition) is 1. The summed E-state index contributed by atoms with van der Waals surface area (Å²) in [6.45, 7) is 6.29. The maximum atomic E-state index is 6.24. The molecule has 7 saturated carbocycles. The van der Waals surface area contributed by atoms with Crippen molar-refractivity contribution in [1.29, 1.82) is 0 Å². The Bertz CT molecular complexity index is 401. The van der Waals surface area contributed by atoms with E-state index in [9.17, 15) is 0 Å². The molecule has 7 rings (SSSR count). The summed E-state index contributed by atoms with van der Waals surface area (Å²) in [6.07, 6.45) is 9.14. The number of rotatable bonds is 1. The number of nitrogens with two attached hydrogens (primary N) is 1. The Balaban J connectivity index is 1.72. The van der Waals surface area contributed by atoms with Gasteiger partial charge in [-0.3, -0.25) is 0 Å². The summed E-state index contributed by atoms with van der Waals surface area (Å²) in [5.74, 6) is 5.29. The van der Waals surface area contributed by atoms with Gasteiger partial charge in [-0.1, -0.05) is 13.8 Å². The van der Waals surface area contributed by atoms with E-state index in [4.69, 9.17) is 5.73 Å². The molecule has 0 heterocycles. The Morgan fingerprint density at radius 3 is 2.06 bits per heavy atom. The molecule has 4 atom stereocenters. The topological polar surface area (TPSA) is 26.0 Å². The molecular weight excluding hydrogens is 218 g/mol. The highest BCUT2D eigenvalue weighted by atomic mass is 14.8. The van der Waals surface area contributed by atoms with Crippen molar-refractivity contribution in [1.82, 2.24) is 0 Å². The molecule has 2 N–H and O–H groups in total. The van der Waals surface area contributed by atoms with Crippen LogP contribution in [0.3, 0.4) is 0 Å². The lowest BCUT2D eigenvalue weighted by Crippen LogP contribution is -2.73. The summed E-state index contributed by atoms with van der Waals surface area (Å²) >= 11 is 0. The second-order valence-corrected chi connectivity index (χ2v) is 9.27. The summed E-state index contributed by atoms with van der Waals surface area (Å²) in [5.41, 5.74) is 8.19. The highest BCUT2D eigenvalue weighted by Crippen LogP contribution is 2.81. The minimum Gasteiger partial charge on any atom is -0.330 e. The average molecular weight is 245 g/mol. The van der Waals surface area contributed by atoms with Gasteiger partial charge in [0.25, 0.3) is 0 Å². The zero-order valence-corrected chi connectivity index (χ0v) is 11.9. The fourth-order valence-corrected chi connectivity index (χ4v) is 8.38. The van der Waals surface area contributed by atoms with Gasteiger partial charge in [0.1, 0.15) is 0 Å². The van der Waals surface area contributed by atoms with Crippen LogP contribution >= 0.6 is 0 Å². The smallest absolute Gasteiger partial charge is 0.00201 e. The van der Waals surface area contributed by atoms with E-state index in [0.29, 0.717) is 10.8 Å². The standard InChI is InChI=1S/C17H27N/c1-15-5-10-3-11-13(15)6-17(9-18)7-14(15)12(4-10)16(11,2)8-17/h10-14H,3-9,18H2,1-2H3. The van der Waals surface area contributed by atoms with Crippen molar-refractivity contribution in [3.8, 4) is 0 Å². The summed E-state index contributed by atoms with van der Waals surface area (Å²) in [5, 5.41) is 0. The quantitative estimate of drug-likeness (QED) is 0.752. The zero-order valence-electron chi connectivity index (χ0n) is 11.9. The van der Waals surface area contributed by atoms with E-state index < -0.39 is 0 Å². The summed E-state index contributed by atoms with van der Waals surface area (Å²) in [4.78, 5) is 0. The molecule has 0 aromatic heterocycles. The largest absolute Gasteiger partial charge is 0.330 e. The Hall–Kier alpha value is -0.0400. The van der Waals surface area contributed by atoms with Crippen LogP contribution < -0.4 is 5.73 Å². The Kier molecular flexibility index (Phi) is 1.61. The summed E-state index contributed by atoms with van der Waals surface area (Å²) in [6, 6.07) is 0. The maximum Gasteiger partial charge on any atom is -0.00201 e. The molecule has 0 radical (unpaired) electrons. The Morgan fingerprint density at radius 2 is 1.50 bits per heavy atom. The van der Waals surface area contributed by atoms with E-state index in [0.717, 1.165) is 41.5 Å². The van der Waals surface area contributed by atoms with Gasteiger partial charge in [-0.2, -0.15) is 0 Å². The molecule has 7 fully saturated rings. The van der Waals surface area contributed by atoms with Crippen molar-refractivity contribution >= 4 is 0 Å². The fourth-order valence-electron chi connectivity index (χ4n) is 8.38. The maximum absolute atomic E-state index is 6.24. The lowest BCUT2D eigenvalue weighted by atomic mass is 9.25. The van der Waals surface area contributed by atoms with Gasteiger partial charge in [-0.25, -0.2) is 0 Å². The van der Waals surface area contributed by atoms with Crippen LogP contribution in [-0.2, 0) is 0 Å². The van der Waals surface area contributed by atoms with Gasteiger partial charge < -0.3 is 5.73 Å². The first-order valence-electron chi connectivity index (χ1n) is 8.21. The summed E-state index contributed by atoms with van der Waals surface area (Å²) in [7, 11) is 0. The van der Waals surface area contributed by atoms with Crippen molar-refractivity contribution in [2.24, 2.45) is 51.6 Å². The van der Waals surface area contributed by atoms with Crippen LogP contribution in [0, 0.1) is 45.8 Å². The molecule has 7 aliphatic carbocycles. The third-order valence-electron chi connectivity index (χ3n) is 8.76. The third kappa shape index (κ3) is 0.873. The molecule has 4 unspecified atom stereocenters.